The van der Waals surface area contributed by atoms with Crippen LogP contribution in [-0.4, -0.2) is 29.8 Å². The van der Waals surface area contributed by atoms with Crippen molar-refractivity contribution >= 4 is 46.6 Å². The lowest BCUT2D eigenvalue weighted by molar-refractivity contribution is 0.807. The number of nitrogens with zero attached hydrogens (tertiary/aromatic N) is 2. The van der Waals surface area contributed by atoms with Crippen molar-refractivity contribution in [2.45, 2.75) is 25.5 Å². The third-order valence-electron chi connectivity index (χ3n) is 2.09. The Morgan fingerprint density at radius 2 is 2.37 bits per heavy atom. The van der Waals surface area contributed by atoms with Gasteiger partial charge in [0, 0.05) is 30.0 Å². The number of hydrogen-bond acceptors (Lipinski definition) is 5. The fraction of sp³-hybridized carbons (Fsp3) is 0.636. The van der Waals surface area contributed by atoms with Gasteiger partial charge in [0.2, 0.25) is 0 Å². The van der Waals surface area contributed by atoms with E-state index in [1.807, 2.05) is 5.38 Å². The van der Waals surface area contributed by atoms with Crippen molar-refractivity contribution < 1.29 is 0 Å². The molecule has 1 aromatic rings. The molecule has 0 unspecified atom stereocenters. The van der Waals surface area contributed by atoms with Crippen LogP contribution in [0.5, 0.6) is 0 Å². The molecule has 5 nitrogen and oxygen atoms in total. The molecule has 0 aliphatic heterocycles. The number of hydrogen-bond donors (Lipinski definition) is 3. The normalized spacial score (nSPS) is 11.2. The van der Waals surface area contributed by atoms with E-state index in [1.54, 1.807) is 23.1 Å². The molecule has 0 aliphatic carbocycles. The first kappa shape index (κ1) is 18.5. The van der Waals surface area contributed by atoms with Gasteiger partial charge in [0.05, 0.1) is 5.69 Å². The van der Waals surface area contributed by atoms with Crippen LogP contribution in [0.1, 0.15) is 25.5 Å². The highest BCUT2D eigenvalue weighted by atomic mass is 35.5. The predicted molar refractivity (Wildman–Crippen MR) is 89.6 cm³/mol. The van der Waals surface area contributed by atoms with E-state index in [1.165, 1.54) is 0 Å². The number of halogens is 1. The van der Waals surface area contributed by atoms with Gasteiger partial charge >= 0.3 is 0 Å². The topological polar surface area (TPSA) is 89.3 Å². The Kier molecular flexibility index (Phi) is 11.0. The van der Waals surface area contributed by atoms with Gasteiger partial charge < -0.3 is 16.8 Å². The lowest BCUT2D eigenvalue weighted by Crippen LogP contribution is -2.22. The monoisotopic (exact) mass is 323 g/mol. The van der Waals surface area contributed by atoms with Crippen LogP contribution < -0.4 is 16.8 Å². The van der Waals surface area contributed by atoms with E-state index in [-0.39, 0.29) is 12.4 Å². The molecule has 19 heavy (non-hydrogen) atoms. The molecule has 0 aliphatic rings. The summed E-state index contributed by atoms with van der Waals surface area (Å²) < 4.78 is 0. The van der Waals surface area contributed by atoms with E-state index in [4.69, 9.17) is 11.5 Å². The predicted octanol–water partition coefficient (Wildman–Crippen LogP) is 2.28. The fourth-order valence-electron chi connectivity index (χ4n) is 1.20. The molecule has 110 valence electrons. The number of thiazole rings is 1. The van der Waals surface area contributed by atoms with Gasteiger partial charge in [0.25, 0.3) is 0 Å². The van der Waals surface area contributed by atoms with Crippen molar-refractivity contribution in [1.29, 1.82) is 0 Å². The van der Waals surface area contributed by atoms with E-state index in [0.717, 1.165) is 41.7 Å². The Morgan fingerprint density at radius 3 is 3.05 bits per heavy atom. The van der Waals surface area contributed by atoms with Gasteiger partial charge in [-0.15, -0.1) is 23.7 Å². The molecule has 0 aromatic carbocycles. The molecule has 8 heteroatoms. The van der Waals surface area contributed by atoms with Gasteiger partial charge in [0.1, 0.15) is 0 Å². The average Bonchev–Trinajstić information content (AvgIpc) is 2.77. The van der Waals surface area contributed by atoms with E-state index in [9.17, 15) is 0 Å². The molecule has 5 N–H and O–H groups in total. The van der Waals surface area contributed by atoms with Gasteiger partial charge in [-0.05, 0) is 6.42 Å². The van der Waals surface area contributed by atoms with E-state index < -0.39 is 0 Å². The largest absolute Gasteiger partial charge is 0.370 e. The van der Waals surface area contributed by atoms with Gasteiger partial charge in [-0.3, -0.25) is 4.99 Å². The molecule has 1 heterocycles. The lowest BCUT2D eigenvalue weighted by atomic mass is 10.3. The molecule has 0 amide bonds. The lowest BCUT2D eigenvalue weighted by Gasteiger charge is -2.01. The Hall–Kier alpha value is -0.500. The zero-order valence-corrected chi connectivity index (χ0v) is 13.5. The molecule has 0 atom stereocenters. The second kappa shape index (κ2) is 11.3. The van der Waals surface area contributed by atoms with Crippen molar-refractivity contribution in [3.05, 3.63) is 11.1 Å². The van der Waals surface area contributed by atoms with E-state index in [0.29, 0.717) is 12.5 Å². The maximum Gasteiger partial charge on any atom is 0.194 e. The molecular formula is C11H22ClN5S2. The minimum atomic E-state index is 0. The molecular weight excluding hydrogens is 302 g/mol. The highest BCUT2D eigenvalue weighted by Gasteiger charge is 2.02. The van der Waals surface area contributed by atoms with Gasteiger partial charge in [-0.2, -0.15) is 11.8 Å². The average molecular weight is 324 g/mol. The highest BCUT2D eigenvalue weighted by Crippen LogP contribution is 2.19. The summed E-state index contributed by atoms with van der Waals surface area (Å²) in [5, 5.41) is 5.85. The van der Waals surface area contributed by atoms with Crippen LogP contribution >= 0.6 is 35.5 Å². The van der Waals surface area contributed by atoms with Crippen LogP contribution in [0.4, 0.5) is 5.13 Å². The minimum absolute atomic E-state index is 0. The minimum Gasteiger partial charge on any atom is -0.370 e. The van der Waals surface area contributed by atoms with Gasteiger partial charge in [-0.25, -0.2) is 4.98 Å². The van der Waals surface area contributed by atoms with Crippen molar-refractivity contribution in [1.82, 2.24) is 4.98 Å². The Bertz CT molecular complexity index is 370. The van der Waals surface area contributed by atoms with E-state index >= 15 is 0 Å². The Labute approximate surface area is 129 Å². The summed E-state index contributed by atoms with van der Waals surface area (Å²) in [6, 6.07) is 0. The third-order valence-corrected chi connectivity index (χ3v) is 3.92. The summed E-state index contributed by atoms with van der Waals surface area (Å²) in [4.78, 5) is 8.66. The number of nitrogens with two attached hydrogens (primary N) is 2. The van der Waals surface area contributed by atoms with Crippen LogP contribution in [-0.2, 0) is 5.75 Å². The first-order valence-electron chi connectivity index (χ1n) is 6.05. The van der Waals surface area contributed by atoms with Crippen LogP contribution in [0.15, 0.2) is 10.4 Å². The first-order valence-corrected chi connectivity index (χ1v) is 8.08. The number of thioether (sulfide) groups is 1. The number of anilines is 1. The fourth-order valence-corrected chi connectivity index (χ4v) is 2.69. The van der Waals surface area contributed by atoms with Crippen LogP contribution in [0, 0.1) is 0 Å². The molecule has 0 radical (unpaired) electrons. The first-order chi connectivity index (χ1) is 8.76. The summed E-state index contributed by atoms with van der Waals surface area (Å²) in [6.45, 7) is 3.60. The Morgan fingerprint density at radius 1 is 1.58 bits per heavy atom. The quantitative estimate of drug-likeness (QED) is 0.388. The Balaban J connectivity index is 0.00000324. The number of nitrogens with one attached hydrogen (secondary N) is 1. The molecule has 0 spiro atoms. The summed E-state index contributed by atoms with van der Waals surface area (Å²) in [5.74, 6) is 2.29. The zero-order valence-electron chi connectivity index (χ0n) is 11.1. The number of aromatic nitrogens is 1. The standard InChI is InChI=1S/C11H21N5S2.ClH/c1-2-3-5-14-10(13)16-11-15-9(8-18-11)7-17-6-4-12;/h8H,2-7,12H2,1H3,(H3,13,14,15,16);1H. The maximum atomic E-state index is 5.76. The maximum absolute atomic E-state index is 5.76. The summed E-state index contributed by atoms with van der Waals surface area (Å²) >= 11 is 3.33. The molecule has 0 saturated heterocycles. The van der Waals surface area contributed by atoms with Crippen LogP contribution in [0.2, 0.25) is 0 Å². The second-order valence-corrected chi connectivity index (χ2v) is 5.69. The molecule has 0 fully saturated rings. The molecule has 0 saturated carbocycles. The van der Waals surface area contributed by atoms with E-state index in [2.05, 4.69) is 22.2 Å². The number of aliphatic imine (C=N–C) groups is 1. The summed E-state index contributed by atoms with van der Waals surface area (Å²) in [5.41, 5.74) is 12.3. The SMILES string of the molecule is CCCCN=C(N)Nc1nc(CSCCN)cs1.Cl. The smallest absolute Gasteiger partial charge is 0.194 e. The zero-order chi connectivity index (χ0) is 13.2. The van der Waals surface area contributed by atoms with Crippen molar-refractivity contribution in [2.24, 2.45) is 16.5 Å². The number of unbranched alkanes of at least 4 members (excludes halogenated alkanes) is 1. The van der Waals surface area contributed by atoms with Crippen molar-refractivity contribution in [3.63, 3.8) is 0 Å². The second-order valence-electron chi connectivity index (χ2n) is 3.73. The number of rotatable bonds is 8. The van der Waals surface area contributed by atoms with Crippen molar-refractivity contribution in [3.8, 4) is 0 Å². The van der Waals surface area contributed by atoms with Crippen LogP contribution in [0.3, 0.4) is 0 Å². The van der Waals surface area contributed by atoms with Crippen LogP contribution in [0.25, 0.3) is 0 Å². The van der Waals surface area contributed by atoms with Gasteiger partial charge in [0.15, 0.2) is 11.1 Å². The molecule has 0 bridgehead atoms. The third kappa shape index (κ3) is 8.30. The van der Waals surface area contributed by atoms with Gasteiger partial charge in [-0.1, -0.05) is 13.3 Å². The number of guanidine groups is 1. The molecule has 1 rings (SSSR count). The molecule has 1 aromatic heterocycles. The highest BCUT2D eigenvalue weighted by molar-refractivity contribution is 7.98. The summed E-state index contributed by atoms with van der Waals surface area (Å²) in [6.07, 6.45) is 2.18. The van der Waals surface area contributed by atoms with Crippen molar-refractivity contribution in [2.75, 3.05) is 24.2 Å². The summed E-state index contributed by atoms with van der Waals surface area (Å²) in [7, 11) is 0.